The van der Waals surface area contributed by atoms with Crippen molar-refractivity contribution in [3.8, 4) is 0 Å². The highest BCUT2D eigenvalue weighted by molar-refractivity contribution is 5.97. The van der Waals surface area contributed by atoms with Crippen molar-refractivity contribution in [3.63, 3.8) is 0 Å². The van der Waals surface area contributed by atoms with Gasteiger partial charge in [0.25, 0.3) is 0 Å². The van der Waals surface area contributed by atoms with Gasteiger partial charge >= 0.3 is 0 Å². The van der Waals surface area contributed by atoms with Crippen molar-refractivity contribution in [3.05, 3.63) is 47.3 Å². The third-order valence-electron chi connectivity index (χ3n) is 2.50. The Labute approximate surface area is 106 Å². The largest absolute Gasteiger partial charge is 0.409 e. The van der Waals surface area contributed by atoms with Crippen molar-refractivity contribution in [1.29, 1.82) is 0 Å². The fourth-order valence-electron chi connectivity index (χ4n) is 1.48. The van der Waals surface area contributed by atoms with Crippen molar-refractivity contribution in [1.82, 2.24) is 5.32 Å². The Hall–Kier alpha value is -1.88. The molecule has 0 saturated carbocycles. The molecule has 0 aliphatic heterocycles. The highest BCUT2D eigenvalue weighted by Crippen LogP contribution is 2.10. The number of oxime groups is 1. The zero-order valence-electron chi connectivity index (χ0n) is 10.4. The maximum atomic E-state index is 13.7. The highest BCUT2D eigenvalue weighted by atomic mass is 19.1. The maximum Gasteiger partial charge on any atom is 0.170 e. The second-order valence-corrected chi connectivity index (χ2v) is 3.83. The van der Waals surface area contributed by atoms with E-state index in [-0.39, 0.29) is 11.7 Å². The summed E-state index contributed by atoms with van der Waals surface area (Å²) in [5.41, 5.74) is 6.31. The molecule has 98 valence electrons. The van der Waals surface area contributed by atoms with Gasteiger partial charge in [0.05, 0.1) is 0 Å². The summed E-state index contributed by atoms with van der Waals surface area (Å²) >= 11 is 0. The summed E-state index contributed by atoms with van der Waals surface area (Å²) in [4.78, 5) is 0. The Bertz CT molecular complexity index is 444. The van der Waals surface area contributed by atoms with Crippen LogP contribution in [0.25, 0.3) is 0 Å². The van der Waals surface area contributed by atoms with Gasteiger partial charge in [-0.05, 0) is 26.0 Å². The lowest BCUT2D eigenvalue weighted by molar-refractivity contribution is 0.318. The molecule has 4 nitrogen and oxygen atoms in total. The normalized spacial score (nSPS) is 12.2. The van der Waals surface area contributed by atoms with Gasteiger partial charge in [0.2, 0.25) is 0 Å². The highest BCUT2D eigenvalue weighted by Gasteiger charge is 2.05. The summed E-state index contributed by atoms with van der Waals surface area (Å²) in [6, 6.07) is 4.52. The smallest absolute Gasteiger partial charge is 0.170 e. The van der Waals surface area contributed by atoms with E-state index in [0.717, 1.165) is 13.0 Å². The minimum Gasteiger partial charge on any atom is -0.409 e. The van der Waals surface area contributed by atoms with Crippen LogP contribution in [0.15, 0.2) is 35.5 Å². The van der Waals surface area contributed by atoms with Crippen LogP contribution in [0.4, 0.5) is 4.39 Å². The van der Waals surface area contributed by atoms with Gasteiger partial charge < -0.3 is 16.3 Å². The topological polar surface area (TPSA) is 70.6 Å². The summed E-state index contributed by atoms with van der Waals surface area (Å²) in [6.07, 6.45) is 4.94. The van der Waals surface area contributed by atoms with Crippen molar-refractivity contribution >= 4 is 5.84 Å². The van der Waals surface area contributed by atoms with Crippen LogP contribution in [0.1, 0.15) is 24.5 Å². The molecule has 5 heteroatoms. The van der Waals surface area contributed by atoms with E-state index in [1.807, 2.05) is 19.1 Å². The molecule has 0 saturated heterocycles. The summed E-state index contributed by atoms with van der Waals surface area (Å²) in [5.74, 6) is -0.459. The number of nitrogens with one attached hydrogen (secondary N) is 1. The average Bonchev–Trinajstić information content (AvgIpc) is 2.39. The SMILES string of the molecule is C/C=C/CCNCc1ccc(/C(N)=N/O)cc1F. The van der Waals surface area contributed by atoms with Gasteiger partial charge in [-0.1, -0.05) is 29.4 Å². The first kappa shape index (κ1) is 14.2. The first-order chi connectivity index (χ1) is 8.69. The summed E-state index contributed by atoms with van der Waals surface area (Å²) in [7, 11) is 0. The van der Waals surface area contributed by atoms with Crippen molar-refractivity contribution in [2.75, 3.05) is 6.54 Å². The molecule has 0 heterocycles. The molecular weight excluding hydrogens is 233 g/mol. The predicted molar refractivity (Wildman–Crippen MR) is 70.0 cm³/mol. The van der Waals surface area contributed by atoms with E-state index >= 15 is 0 Å². The van der Waals surface area contributed by atoms with Crippen molar-refractivity contribution < 1.29 is 9.60 Å². The van der Waals surface area contributed by atoms with E-state index in [2.05, 4.69) is 10.5 Å². The molecule has 0 bridgehead atoms. The van der Waals surface area contributed by atoms with Gasteiger partial charge in [0.1, 0.15) is 5.82 Å². The van der Waals surface area contributed by atoms with Gasteiger partial charge in [0.15, 0.2) is 5.84 Å². The monoisotopic (exact) mass is 251 g/mol. The second kappa shape index (κ2) is 7.45. The van der Waals surface area contributed by atoms with Crippen LogP contribution in [-0.4, -0.2) is 17.6 Å². The lowest BCUT2D eigenvalue weighted by Crippen LogP contribution is -2.17. The van der Waals surface area contributed by atoms with Crippen LogP contribution >= 0.6 is 0 Å². The van der Waals surface area contributed by atoms with E-state index in [1.54, 1.807) is 12.1 Å². The molecule has 4 N–H and O–H groups in total. The third-order valence-corrected chi connectivity index (χ3v) is 2.50. The molecule has 1 rings (SSSR count). The fraction of sp³-hybridized carbons (Fsp3) is 0.308. The first-order valence-corrected chi connectivity index (χ1v) is 5.77. The van der Waals surface area contributed by atoms with Crippen LogP contribution in [-0.2, 0) is 6.54 Å². The van der Waals surface area contributed by atoms with Gasteiger partial charge in [-0.2, -0.15) is 0 Å². The van der Waals surface area contributed by atoms with E-state index in [0.29, 0.717) is 17.7 Å². The Morgan fingerprint density at radius 1 is 1.56 bits per heavy atom. The number of rotatable bonds is 6. The molecule has 0 aliphatic rings. The minimum atomic E-state index is -0.363. The number of nitrogens with two attached hydrogens (primary N) is 1. The number of allylic oxidation sites excluding steroid dienone is 1. The molecule has 0 spiro atoms. The molecule has 0 atom stereocenters. The van der Waals surface area contributed by atoms with Crippen molar-refractivity contribution in [2.24, 2.45) is 10.9 Å². The second-order valence-electron chi connectivity index (χ2n) is 3.83. The van der Waals surface area contributed by atoms with Crippen LogP contribution < -0.4 is 11.1 Å². The Kier molecular flexibility index (Phi) is 5.87. The van der Waals surface area contributed by atoms with E-state index in [4.69, 9.17) is 10.9 Å². The van der Waals surface area contributed by atoms with Crippen LogP contribution in [0.2, 0.25) is 0 Å². The van der Waals surface area contributed by atoms with Crippen LogP contribution in [0.5, 0.6) is 0 Å². The van der Waals surface area contributed by atoms with Gasteiger partial charge in [0, 0.05) is 17.7 Å². The summed E-state index contributed by atoms with van der Waals surface area (Å²) < 4.78 is 13.7. The average molecular weight is 251 g/mol. The lowest BCUT2D eigenvalue weighted by Gasteiger charge is -2.06. The first-order valence-electron chi connectivity index (χ1n) is 5.77. The molecule has 1 aromatic carbocycles. The van der Waals surface area contributed by atoms with Crippen LogP contribution in [0.3, 0.4) is 0 Å². The molecule has 0 unspecified atom stereocenters. The number of hydrogen-bond acceptors (Lipinski definition) is 3. The van der Waals surface area contributed by atoms with E-state index in [9.17, 15) is 4.39 Å². The fourth-order valence-corrected chi connectivity index (χ4v) is 1.48. The lowest BCUT2D eigenvalue weighted by atomic mass is 10.1. The molecule has 0 aliphatic carbocycles. The molecule has 0 fully saturated rings. The van der Waals surface area contributed by atoms with Gasteiger partial charge in [-0.15, -0.1) is 0 Å². The van der Waals surface area contributed by atoms with Crippen molar-refractivity contribution in [2.45, 2.75) is 19.9 Å². The number of nitrogens with zero attached hydrogens (tertiary/aromatic N) is 1. The quantitative estimate of drug-likeness (QED) is 0.181. The predicted octanol–water partition coefficient (Wildman–Crippen LogP) is 1.98. The zero-order valence-corrected chi connectivity index (χ0v) is 10.4. The van der Waals surface area contributed by atoms with Crippen LogP contribution in [0, 0.1) is 5.82 Å². The molecule has 1 aromatic rings. The summed E-state index contributed by atoms with van der Waals surface area (Å²) in [5, 5.41) is 14.5. The summed E-state index contributed by atoms with van der Waals surface area (Å²) in [6.45, 7) is 3.22. The third kappa shape index (κ3) is 4.18. The number of benzene rings is 1. The van der Waals surface area contributed by atoms with E-state index in [1.165, 1.54) is 6.07 Å². The maximum absolute atomic E-state index is 13.7. The number of hydrogen-bond donors (Lipinski definition) is 3. The van der Waals surface area contributed by atoms with Gasteiger partial charge in [-0.25, -0.2) is 4.39 Å². The zero-order chi connectivity index (χ0) is 13.4. The standard InChI is InChI=1S/C13H18FN3O/c1-2-3-4-7-16-9-11-6-5-10(8-12(11)14)13(15)17-18/h2-3,5-6,8,16,18H,4,7,9H2,1H3,(H2,15,17)/b3-2+. The molecule has 0 aromatic heterocycles. The Morgan fingerprint density at radius 3 is 2.94 bits per heavy atom. The number of amidine groups is 1. The molecule has 0 amide bonds. The minimum absolute atomic E-state index is 0.0958. The van der Waals surface area contributed by atoms with E-state index < -0.39 is 0 Å². The molecule has 18 heavy (non-hydrogen) atoms. The molecular formula is C13H18FN3O. The Morgan fingerprint density at radius 2 is 2.33 bits per heavy atom. The number of halogens is 1. The molecule has 0 radical (unpaired) electrons. The Balaban J connectivity index is 2.57. The van der Waals surface area contributed by atoms with Gasteiger partial charge in [-0.3, -0.25) is 0 Å².